The van der Waals surface area contributed by atoms with Crippen molar-refractivity contribution in [3.8, 4) is 0 Å². The Balaban J connectivity index is 0.000000115. The summed E-state index contributed by atoms with van der Waals surface area (Å²) < 4.78 is 10.7. The molecule has 2 heteroatoms. The van der Waals surface area contributed by atoms with Crippen molar-refractivity contribution in [3.63, 3.8) is 0 Å². The maximum atomic E-state index is 5.33. The van der Waals surface area contributed by atoms with Crippen LogP contribution in [0.15, 0.2) is 106 Å². The van der Waals surface area contributed by atoms with Crippen LogP contribution in [-0.4, -0.2) is 0 Å². The molecule has 2 nitrogen and oxygen atoms in total. The molecule has 124 valence electrons. The first-order valence-corrected chi connectivity index (χ1v) is 8.59. The average Bonchev–Trinajstić information content (AvgIpc) is 3.33. The van der Waals surface area contributed by atoms with Crippen molar-refractivity contribution in [3.05, 3.63) is 97.5 Å². The zero-order valence-electron chi connectivity index (χ0n) is 14.1. The summed E-state index contributed by atoms with van der Waals surface area (Å²) in [6, 6.07) is 29.0. The van der Waals surface area contributed by atoms with Crippen molar-refractivity contribution in [2.45, 2.75) is 0 Å². The van der Waals surface area contributed by atoms with Gasteiger partial charge in [-0.1, -0.05) is 48.5 Å². The lowest BCUT2D eigenvalue weighted by Gasteiger charge is -1.95. The van der Waals surface area contributed by atoms with E-state index in [0.29, 0.717) is 0 Å². The van der Waals surface area contributed by atoms with Crippen LogP contribution in [-0.2, 0) is 0 Å². The quantitative estimate of drug-likeness (QED) is 0.294. The first kappa shape index (κ1) is 14.8. The normalized spacial score (nSPS) is 11.1. The number of rotatable bonds is 0. The van der Waals surface area contributed by atoms with E-state index in [0.717, 1.165) is 11.2 Å². The van der Waals surface area contributed by atoms with Crippen molar-refractivity contribution >= 4 is 43.5 Å². The van der Waals surface area contributed by atoms with Crippen molar-refractivity contribution < 1.29 is 8.83 Å². The Kier molecular flexibility index (Phi) is 3.46. The van der Waals surface area contributed by atoms with Crippen LogP contribution in [0.1, 0.15) is 0 Å². The van der Waals surface area contributed by atoms with E-state index in [1.54, 1.807) is 12.5 Å². The molecular formula is C24H16O2. The molecule has 0 fully saturated rings. The molecule has 2 aromatic heterocycles. The van der Waals surface area contributed by atoms with Gasteiger partial charge in [0.2, 0.25) is 0 Å². The SMILES string of the molecule is c1ccc2cc3occc3cc2c1.c1ccc2cc3occc3cc2c1. The Morgan fingerprint density at radius 1 is 0.385 bits per heavy atom. The fraction of sp³-hybridized carbons (Fsp3) is 0. The van der Waals surface area contributed by atoms with Crippen molar-refractivity contribution in [1.82, 2.24) is 0 Å². The van der Waals surface area contributed by atoms with Gasteiger partial charge in [-0.25, -0.2) is 0 Å². The average molecular weight is 336 g/mol. The van der Waals surface area contributed by atoms with Gasteiger partial charge in [0.1, 0.15) is 11.2 Å². The molecule has 26 heavy (non-hydrogen) atoms. The molecule has 0 aliphatic rings. The summed E-state index contributed by atoms with van der Waals surface area (Å²) in [5.74, 6) is 0. The molecule has 6 rings (SSSR count). The Morgan fingerprint density at radius 2 is 0.769 bits per heavy atom. The highest BCUT2D eigenvalue weighted by Gasteiger charge is 1.99. The Hall–Kier alpha value is -3.52. The van der Waals surface area contributed by atoms with Crippen LogP contribution < -0.4 is 0 Å². The Morgan fingerprint density at radius 3 is 1.19 bits per heavy atom. The Labute approximate surface area is 150 Å². The van der Waals surface area contributed by atoms with Crippen LogP contribution in [0.2, 0.25) is 0 Å². The van der Waals surface area contributed by atoms with Crippen molar-refractivity contribution in [2.24, 2.45) is 0 Å². The smallest absolute Gasteiger partial charge is 0.134 e. The molecule has 0 spiro atoms. The second-order valence-corrected chi connectivity index (χ2v) is 6.32. The summed E-state index contributed by atoms with van der Waals surface area (Å²) in [6.45, 7) is 0. The molecule has 0 atom stereocenters. The molecule has 0 unspecified atom stereocenters. The van der Waals surface area contributed by atoms with E-state index in [9.17, 15) is 0 Å². The van der Waals surface area contributed by atoms with E-state index in [4.69, 9.17) is 8.83 Å². The van der Waals surface area contributed by atoms with Gasteiger partial charge < -0.3 is 8.83 Å². The largest absolute Gasteiger partial charge is 0.464 e. The molecular weight excluding hydrogens is 320 g/mol. The molecule has 0 radical (unpaired) electrons. The summed E-state index contributed by atoms with van der Waals surface area (Å²) in [4.78, 5) is 0. The highest BCUT2D eigenvalue weighted by atomic mass is 16.3. The van der Waals surface area contributed by atoms with Gasteiger partial charge in [-0.05, 0) is 57.9 Å². The zero-order chi connectivity index (χ0) is 17.3. The predicted molar refractivity (Wildman–Crippen MR) is 107 cm³/mol. The first-order chi connectivity index (χ1) is 12.9. The predicted octanol–water partition coefficient (Wildman–Crippen LogP) is 7.17. The van der Waals surface area contributed by atoms with E-state index < -0.39 is 0 Å². The van der Waals surface area contributed by atoms with Crippen molar-refractivity contribution in [2.75, 3.05) is 0 Å². The van der Waals surface area contributed by atoms with Gasteiger partial charge in [0.25, 0.3) is 0 Å². The zero-order valence-corrected chi connectivity index (χ0v) is 14.1. The maximum absolute atomic E-state index is 5.33. The minimum Gasteiger partial charge on any atom is -0.464 e. The van der Waals surface area contributed by atoms with Gasteiger partial charge in [0, 0.05) is 10.8 Å². The molecule has 0 amide bonds. The van der Waals surface area contributed by atoms with Crippen LogP contribution in [0.25, 0.3) is 43.5 Å². The van der Waals surface area contributed by atoms with E-state index in [1.165, 1.54) is 32.3 Å². The van der Waals surface area contributed by atoms with Crippen LogP contribution in [0.4, 0.5) is 0 Å². The van der Waals surface area contributed by atoms with Crippen LogP contribution in [0.3, 0.4) is 0 Å². The van der Waals surface area contributed by atoms with Gasteiger partial charge >= 0.3 is 0 Å². The van der Waals surface area contributed by atoms with E-state index in [-0.39, 0.29) is 0 Å². The third-order valence-corrected chi connectivity index (χ3v) is 4.64. The van der Waals surface area contributed by atoms with E-state index in [1.807, 2.05) is 36.4 Å². The van der Waals surface area contributed by atoms with Crippen LogP contribution >= 0.6 is 0 Å². The molecule has 6 aromatic rings. The lowest BCUT2D eigenvalue weighted by molar-refractivity contribution is 0.616. The Bertz CT molecular complexity index is 1130. The molecule has 0 bridgehead atoms. The molecule has 0 saturated carbocycles. The second kappa shape index (κ2) is 6.08. The second-order valence-electron chi connectivity index (χ2n) is 6.32. The number of hydrogen-bond acceptors (Lipinski definition) is 2. The summed E-state index contributed by atoms with van der Waals surface area (Å²) in [7, 11) is 0. The van der Waals surface area contributed by atoms with Gasteiger partial charge in [-0.15, -0.1) is 0 Å². The van der Waals surface area contributed by atoms with Crippen molar-refractivity contribution in [1.29, 1.82) is 0 Å². The maximum Gasteiger partial charge on any atom is 0.134 e. The van der Waals surface area contributed by atoms with Gasteiger partial charge in [-0.2, -0.15) is 0 Å². The number of fused-ring (bicyclic) bond motifs is 4. The van der Waals surface area contributed by atoms with E-state index >= 15 is 0 Å². The monoisotopic (exact) mass is 336 g/mol. The first-order valence-electron chi connectivity index (χ1n) is 8.59. The van der Waals surface area contributed by atoms with Crippen LogP contribution in [0.5, 0.6) is 0 Å². The third kappa shape index (κ3) is 2.62. The van der Waals surface area contributed by atoms with E-state index in [2.05, 4.69) is 48.5 Å². The minimum atomic E-state index is 0.957. The van der Waals surface area contributed by atoms with Crippen LogP contribution in [0, 0.1) is 0 Å². The summed E-state index contributed by atoms with van der Waals surface area (Å²) in [5.41, 5.74) is 1.91. The molecule has 2 heterocycles. The molecule has 0 aliphatic carbocycles. The van der Waals surface area contributed by atoms with Gasteiger partial charge in [0.05, 0.1) is 12.5 Å². The number of benzene rings is 4. The highest BCUT2D eigenvalue weighted by molar-refractivity contribution is 5.96. The summed E-state index contributed by atoms with van der Waals surface area (Å²) in [6.07, 6.45) is 3.45. The topological polar surface area (TPSA) is 26.3 Å². The fourth-order valence-electron chi connectivity index (χ4n) is 3.30. The lowest BCUT2D eigenvalue weighted by Crippen LogP contribution is -1.70. The third-order valence-electron chi connectivity index (χ3n) is 4.64. The van der Waals surface area contributed by atoms with Gasteiger partial charge in [-0.3, -0.25) is 0 Å². The molecule has 0 aliphatic heterocycles. The lowest BCUT2D eigenvalue weighted by atomic mass is 10.1. The fourth-order valence-corrected chi connectivity index (χ4v) is 3.30. The summed E-state index contributed by atoms with van der Waals surface area (Å²) in [5, 5.41) is 7.31. The molecule has 4 aromatic carbocycles. The standard InChI is InChI=1S/2C12H8O/c2*1-2-4-10-8-12-11(5-6-13-12)7-9(10)3-1/h2*1-8H. The highest BCUT2D eigenvalue weighted by Crippen LogP contribution is 2.24. The van der Waals surface area contributed by atoms with Gasteiger partial charge in [0.15, 0.2) is 0 Å². The number of hydrogen-bond donors (Lipinski definition) is 0. The minimum absolute atomic E-state index is 0.957. The molecule has 0 saturated heterocycles. The summed E-state index contributed by atoms with van der Waals surface area (Å²) >= 11 is 0. The molecule has 0 N–H and O–H groups in total. The number of furan rings is 2.